The normalized spacial score (nSPS) is 13.3. The molecule has 204 valence electrons. The van der Waals surface area contributed by atoms with E-state index in [0.29, 0.717) is 82.5 Å². The van der Waals surface area contributed by atoms with E-state index >= 15 is 0 Å². The fourth-order valence-electron chi connectivity index (χ4n) is 4.02. The van der Waals surface area contributed by atoms with Crippen molar-refractivity contribution in [2.45, 2.75) is 32.3 Å². The summed E-state index contributed by atoms with van der Waals surface area (Å²) in [6, 6.07) is 10.5. The van der Waals surface area contributed by atoms with E-state index in [1.54, 1.807) is 50.4 Å². The Morgan fingerprint density at radius 3 is 2.67 bits per heavy atom. The predicted octanol–water partition coefficient (Wildman–Crippen LogP) is 4.92. The molecule has 11 heteroatoms. The Hall–Kier alpha value is -3.73. The molecule has 0 spiro atoms. The standard InChI is InChI=1S/C28H28ClN3O7/c1-17-8-19(32-39-17)10-20(33)9-18-4-5-21(11-24(18)29)38-28-23-12-26(34-2)27(13-25(23)30-16-31-28)37-7-3-6-36-22-14-35-15-22/h4-5,8,11-13,16,22H,3,6-7,9-10,14-15H2,1-2H3. The molecule has 10 nitrogen and oxygen atoms in total. The number of carbonyl (C=O) groups excluding carboxylic acids is 1. The maximum Gasteiger partial charge on any atom is 0.230 e. The molecule has 1 fully saturated rings. The number of aryl methyl sites for hydroxylation is 1. The van der Waals surface area contributed by atoms with Crippen LogP contribution in [0.25, 0.3) is 10.9 Å². The van der Waals surface area contributed by atoms with Gasteiger partial charge in [0.2, 0.25) is 5.88 Å². The largest absolute Gasteiger partial charge is 0.493 e. The van der Waals surface area contributed by atoms with Gasteiger partial charge in [0.25, 0.3) is 0 Å². The molecule has 0 amide bonds. The number of ketones is 1. The molecule has 0 saturated carbocycles. The number of benzene rings is 2. The number of hydrogen-bond acceptors (Lipinski definition) is 10. The maximum atomic E-state index is 12.5. The van der Waals surface area contributed by atoms with Gasteiger partial charge >= 0.3 is 0 Å². The van der Waals surface area contributed by atoms with Crippen molar-refractivity contribution in [3.63, 3.8) is 0 Å². The zero-order valence-corrected chi connectivity index (χ0v) is 22.4. The first kappa shape index (κ1) is 26.9. The summed E-state index contributed by atoms with van der Waals surface area (Å²) in [4.78, 5) is 21.1. The van der Waals surface area contributed by atoms with Gasteiger partial charge in [0.1, 0.15) is 29.7 Å². The molecule has 0 bridgehead atoms. The van der Waals surface area contributed by atoms with Gasteiger partial charge in [-0.1, -0.05) is 22.8 Å². The first-order valence-electron chi connectivity index (χ1n) is 12.5. The average molecular weight is 554 g/mol. The van der Waals surface area contributed by atoms with Crippen molar-refractivity contribution in [1.29, 1.82) is 0 Å². The van der Waals surface area contributed by atoms with E-state index < -0.39 is 0 Å². The second-order valence-corrected chi connectivity index (χ2v) is 9.51. The highest BCUT2D eigenvalue weighted by molar-refractivity contribution is 6.31. The lowest BCUT2D eigenvalue weighted by Crippen LogP contribution is -2.36. The van der Waals surface area contributed by atoms with Gasteiger partial charge < -0.3 is 28.2 Å². The fourth-order valence-corrected chi connectivity index (χ4v) is 4.26. The molecule has 0 unspecified atom stereocenters. The summed E-state index contributed by atoms with van der Waals surface area (Å²) in [6.45, 7) is 4.16. The molecule has 5 rings (SSSR count). The van der Waals surface area contributed by atoms with Gasteiger partial charge in [-0.3, -0.25) is 4.79 Å². The van der Waals surface area contributed by atoms with Gasteiger partial charge in [-0.05, 0) is 30.7 Å². The zero-order chi connectivity index (χ0) is 27.2. The summed E-state index contributed by atoms with van der Waals surface area (Å²) in [5, 5.41) is 4.93. The van der Waals surface area contributed by atoms with Crippen molar-refractivity contribution in [2.75, 3.05) is 33.5 Å². The number of ether oxygens (including phenoxy) is 5. The van der Waals surface area contributed by atoms with Crippen LogP contribution in [0.1, 0.15) is 23.4 Å². The van der Waals surface area contributed by atoms with Crippen molar-refractivity contribution in [2.24, 2.45) is 0 Å². The zero-order valence-electron chi connectivity index (χ0n) is 21.6. The lowest BCUT2D eigenvalue weighted by Gasteiger charge is -2.25. The minimum atomic E-state index is -0.0220. The first-order valence-corrected chi connectivity index (χ1v) is 12.9. The Morgan fingerprint density at radius 1 is 1.08 bits per heavy atom. The fraction of sp³-hybridized carbons (Fsp3) is 0.357. The lowest BCUT2D eigenvalue weighted by molar-refractivity contribution is -0.130. The van der Waals surface area contributed by atoms with Gasteiger partial charge in [-0.15, -0.1) is 0 Å². The molecule has 2 aromatic carbocycles. The molecular formula is C28H28ClN3O7. The van der Waals surface area contributed by atoms with E-state index in [-0.39, 0.29) is 24.7 Å². The van der Waals surface area contributed by atoms with Gasteiger partial charge in [0.05, 0.1) is 56.6 Å². The van der Waals surface area contributed by atoms with Gasteiger partial charge in [0.15, 0.2) is 11.5 Å². The predicted molar refractivity (Wildman–Crippen MR) is 142 cm³/mol. The van der Waals surface area contributed by atoms with E-state index in [2.05, 4.69) is 15.1 Å². The minimum Gasteiger partial charge on any atom is -0.493 e. The number of halogens is 1. The van der Waals surface area contributed by atoms with E-state index in [9.17, 15) is 4.79 Å². The van der Waals surface area contributed by atoms with Gasteiger partial charge in [0, 0.05) is 30.0 Å². The van der Waals surface area contributed by atoms with E-state index in [0.717, 1.165) is 6.42 Å². The third-order valence-corrected chi connectivity index (χ3v) is 6.43. The highest BCUT2D eigenvalue weighted by Gasteiger charge is 2.19. The van der Waals surface area contributed by atoms with E-state index in [4.69, 9.17) is 39.8 Å². The number of nitrogens with zero attached hydrogens (tertiary/aromatic N) is 3. The summed E-state index contributed by atoms with van der Waals surface area (Å²) in [6.07, 6.45) is 2.69. The first-order chi connectivity index (χ1) is 19.0. The van der Waals surface area contributed by atoms with Crippen molar-refractivity contribution < 1.29 is 33.0 Å². The molecule has 0 radical (unpaired) electrons. The molecule has 4 aromatic rings. The number of aromatic nitrogens is 3. The molecule has 2 aromatic heterocycles. The van der Waals surface area contributed by atoms with Crippen LogP contribution in [0.3, 0.4) is 0 Å². The van der Waals surface area contributed by atoms with Gasteiger partial charge in [-0.25, -0.2) is 9.97 Å². The van der Waals surface area contributed by atoms with E-state index in [1.807, 2.05) is 0 Å². The Labute approximate surface area is 230 Å². The SMILES string of the molecule is COc1cc2c(Oc3ccc(CC(=O)Cc4cc(C)on4)c(Cl)c3)ncnc2cc1OCCCOC1COC1. The van der Waals surface area contributed by atoms with Crippen molar-refractivity contribution in [3.05, 3.63) is 64.8 Å². The molecule has 1 aliphatic rings. The van der Waals surface area contributed by atoms with Crippen LogP contribution in [0.2, 0.25) is 5.02 Å². The highest BCUT2D eigenvalue weighted by Crippen LogP contribution is 2.36. The molecule has 1 saturated heterocycles. The lowest BCUT2D eigenvalue weighted by atomic mass is 10.1. The van der Waals surface area contributed by atoms with E-state index in [1.165, 1.54) is 6.33 Å². The number of fused-ring (bicyclic) bond motifs is 1. The topological polar surface area (TPSA) is 115 Å². The molecule has 0 aliphatic carbocycles. The number of hydrogen-bond donors (Lipinski definition) is 0. The molecule has 1 aliphatic heterocycles. The molecular weight excluding hydrogens is 526 g/mol. The third-order valence-electron chi connectivity index (χ3n) is 6.07. The summed E-state index contributed by atoms with van der Waals surface area (Å²) in [7, 11) is 1.57. The van der Waals surface area contributed by atoms with Crippen LogP contribution in [0.4, 0.5) is 0 Å². The van der Waals surface area contributed by atoms with Gasteiger partial charge in [-0.2, -0.15) is 0 Å². The third kappa shape index (κ3) is 6.83. The molecule has 0 atom stereocenters. The van der Waals surface area contributed by atoms with Crippen molar-refractivity contribution >= 4 is 28.3 Å². The number of rotatable bonds is 13. The smallest absolute Gasteiger partial charge is 0.230 e. The van der Waals surface area contributed by atoms with Crippen LogP contribution in [-0.4, -0.2) is 60.5 Å². The Balaban J connectivity index is 1.24. The number of methoxy groups -OCH3 is 1. The average Bonchev–Trinajstić information content (AvgIpc) is 3.30. The highest BCUT2D eigenvalue weighted by atomic mass is 35.5. The van der Waals surface area contributed by atoms with Crippen LogP contribution in [0.15, 0.2) is 47.2 Å². The summed E-state index contributed by atoms with van der Waals surface area (Å²) in [5.41, 5.74) is 1.92. The monoisotopic (exact) mass is 553 g/mol. The van der Waals surface area contributed by atoms with Crippen LogP contribution in [0.5, 0.6) is 23.1 Å². The minimum absolute atomic E-state index is 0.0220. The molecule has 39 heavy (non-hydrogen) atoms. The van der Waals surface area contributed by atoms with Crippen LogP contribution < -0.4 is 14.2 Å². The summed E-state index contributed by atoms with van der Waals surface area (Å²) in [5.74, 6) is 2.55. The second kappa shape index (κ2) is 12.4. The second-order valence-electron chi connectivity index (χ2n) is 9.11. The Morgan fingerprint density at radius 2 is 1.95 bits per heavy atom. The summed E-state index contributed by atoms with van der Waals surface area (Å²) < 4.78 is 33.3. The number of Topliss-reactive ketones (excluding diaryl/α,β-unsaturated/α-hetero) is 1. The maximum absolute atomic E-state index is 12.5. The Kier molecular flexibility index (Phi) is 8.55. The van der Waals surface area contributed by atoms with Crippen molar-refractivity contribution in [1.82, 2.24) is 15.1 Å². The molecule has 3 heterocycles. The van der Waals surface area contributed by atoms with Crippen LogP contribution in [0, 0.1) is 6.92 Å². The number of carbonyl (C=O) groups is 1. The quantitative estimate of drug-likeness (QED) is 0.211. The Bertz CT molecular complexity index is 1450. The van der Waals surface area contributed by atoms with Crippen LogP contribution >= 0.6 is 11.6 Å². The molecule has 0 N–H and O–H groups in total. The van der Waals surface area contributed by atoms with Crippen molar-refractivity contribution in [3.8, 4) is 23.1 Å². The summed E-state index contributed by atoms with van der Waals surface area (Å²) >= 11 is 6.48. The van der Waals surface area contributed by atoms with Crippen LogP contribution in [-0.2, 0) is 27.1 Å².